The van der Waals surface area contributed by atoms with Crippen molar-refractivity contribution in [2.24, 2.45) is 0 Å². The molecule has 2 aliphatic heterocycles. The molecular formula is C19H22N4O3. The molecule has 2 aromatic heterocycles. The minimum absolute atomic E-state index is 0.0105. The molecule has 1 unspecified atom stereocenters. The minimum Gasteiger partial charge on any atom is -0.473 e. The average Bonchev–Trinajstić information content (AvgIpc) is 2.70. The van der Waals surface area contributed by atoms with Gasteiger partial charge in [-0.2, -0.15) is 0 Å². The number of aromatic nitrogens is 3. The Morgan fingerprint density at radius 3 is 2.81 bits per heavy atom. The van der Waals surface area contributed by atoms with E-state index in [1.165, 1.54) is 0 Å². The zero-order valence-electron chi connectivity index (χ0n) is 14.6. The van der Waals surface area contributed by atoms with Crippen molar-refractivity contribution in [1.82, 2.24) is 19.9 Å². The average molecular weight is 354 g/mol. The van der Waals surface area contributed by atoms with Crippen molar-refractivity contribution in [3.63, 3.8) is 0 Å². The van der Waals surface area contributed by atoms with Crippen molar-refractivity contribution in [3.8, 4) is 5.88 Å². The van der Waals surface area contributed by atoms with Crippen molar-refractivity contribution in [3.05, 3.63) is 48.7 Å². The number of nitrogens with zero attached hydrogens (tertiary/aromatic N) is 4. The topological polar surface area (TPSA) is 77.4 Å². The fraction of sp³-hybridized carbons (Fsp3) is 0.474. The van der Waals surface area contributed by atoms with E-state index in [0.29, 0.717) is 31.3 Å². The summed E-state index contributed by atoms with van der Waals surface area (Å²) in [4.78, 5) is 26.8. The zero-order chi connectivity index (χ0) is 17.8. The van der Waals surface area contributed by atoms with Crippen LogP contribution in [-0.4, -0.2) is 57.2 Å². The van der Waals surface area contributed by atoms with Gasteiger partial charge in [-0.1, -0.05) is 6.07 Å². The Morgan fingerprint density at radius 2 is 2.08 bits per heavy atom. The zero-order valence-corrected chi connectivity index (χ0v) is 14.6. The van der Waals surface area contributed by atoms with Crippen LogP contribution in [0, 0.1) is 0 Å². The fourth-order valence-corrected chi connectivity index (χ4v) is 3.72. The fourth-order valence-electron chi connectivity index (χ4n) is 3.72. The number of carbonyl (C=O) groups is 1. The van der Waals surface area contributed by atoms with E-state index in [1.807, 2.05) is 17.0 Å². The van der Waals surface area contributed by atoms with Crippen molar-refractivity contribution >= 4 is 5.91 Å². The summed E-state index contributed by atoms with van der Waals surface area (Å²) in [6.45, 7) is 2.01. The summed E-state index contributed by atoms with van der Waals surface area (Å²) in [5, 5.41) is 0. The first-order valence-corrected chi connectivity index (χ1v) is 9.01. The predicted octanol–water partition coefficient (Wildman–Crippen LogP) is 2.10. The molecule has 0 aliphatic carbocycles. The number of likely N-dealkylation sites (tertiary alicyclic amines) is 1. The molecule has 0 radical (unpaired) electrons. The minimum atomic E-state index is -0.216. The Hall–Kier alpha value is -2.54. The maximum absolute atomic E-state index is 12.6. The molecular weight excluding hydrogens is 332 g/mol. The van der Waals surface area contributed by atoms with E-state index in [-0.39, 0.29) is 17.6 Å². The van der Waals surface area contributed by atoms with Crippen LogP contribution < -0.4 is 4.74 Å². The quantitative estimate of drug-likeness (QED) is 0.840. The lowest BCUT2D eigenvalue weighted by Crippen LogP contribution is -2.52. The van der Waals surface area contributed by atoms with E-state index < -0.39 is 0 Å². The van der Waals surface area contributed by atoms with Gasteiger partial charge in [0.2, 0.25) is 5.88 Å². The SMILES string of the molecule is O=C(c1ccccn1)N1CCC2(CC1)CC(Oc1cnccn1)CCO2. The Labute approximate surface area is 152 Å². The third kappa shape index (κ3) is 3.67. The van der Waals surface area contributed by atoms with E-state index in [4.69, 9.17) is 9.47 Å². The molecule has 1 amide bonds. The van der Waals surface area contributed by atoms with Crippen molar-refractivity contribution in [2.45, 2.75) is 37.4 Å². The van der Waals surface area contributed by atoms with Crippen molar-refractivity contribution < 1.29 is 14.3 Å². The second-order valence-electron chi connectivity index (χ2n) is 6.81. The lowest BCUT2D eigenvalue weighted by molar-refractivity contribution is -0.135. The van der Waals surface area contributed by atoms with E-state index in [2.05, 4.69) is 15.0 Å². The van der Waals surface area contributed by atoms with Crippen LogP contribution in [-0.2, 0) is 4.74 Å². The molecule has 7 nitrogen and oxygen atoms in total. The first-order valence-electron chi connectivity index (χ1n) is 9.01. The predicted molar refractivity (Wildman–Crippen MR) is 93.7 cm³/mol. The van der Waals surface area contributed by atoms with Gasteiger partial charge in [-0.05, 0) is 25.0 Å². The molecule has 2 aromatic rings. The molecule has 2 aliphatic rings. The highest BCUT2D eigenvalue weighted by atomic mass is 16.5. The molecule has 2 fully saturated rings. The molecule has 0 aromatic carbocycles. The molecule has 1 atom stereocenters. The van der Waals surface area contributed by atoms with Crippen molar-refractivity contribution in [2.75, 3.05) is 19.7 Å². The second-order valence-corrected chi connectivity index (χ2v) is 6.81. The van der Waals surface area contributed by atoms with Crippen LogP contribution in [0.15, 0.2) is 43.0 Å². The highest BCUT2D eigenvalue weighted by Gasteiger charge is 2.42. The molecule has 2 saturated heterocycles. The summed E-state index contributed by atoms with van der Waals surface area (Å²) in [7, 11) is 0. The number of hydrogen-bond acceptors (Lipinski definition) is 6. The Morgan fingerprint density at radius 1 is 1.19 bits per heavy atom. The number of rotatable bonds is 3. The summed E-state index contributed by atoms with van der Waals surface area (Å²) in [5.74, 6) is 0.543. The Kier molecular flexibility index (Phi) is 4.79. The maximum atomic E-state index is 12.6. The highest BCUT2D eigenvalue weighted by molar-refractivity contribution is 5.92. The molecule has 4 heterocycles. The first-order chi connectivity index (χ1) is 12.7. The third-order valence-electron chi connectivity index (χ3n) is 5.12. The van der Waals surface area contributed by atoms with Crippen LogP contribution in [0.25, 0.3) is 0 Å². The van der Waals surface area contributed by atoms with Gasteiger partial charge in [0.25, 0.3) is 5.91 Å². The van der Waals surface area contributed by atoms with Crippen molar-refractivity contribution in [1.29, 1.82) is 0 Å². The Balaban J connectivity index is 1.36. The highest BCUT2D eigenvalue weighted by Crippen LogP contribution is 2.36. The molecule has 0 bridgehead atoms. The van der Waals surface area contributed by atoms with Gasteiger partial charge in [-0.15, -0.1) is 0 Å². The van der Waals surface area contributed by atoms with Crippen LogP contribution >= 0.6 is 0 Å². The molecule has 136 valence electrons. The van der Waals surface area contributed by atoms with Gasteiger partial charge in [0.05, 0.1) is 18.4 Å². The molecule has 7 heteroatoms. The standard InChI is InChI=1S/C19H22N4O3/c24-18(16-3-1-2-7-21-16)23-10-5-19(6-11-23)13-15(4-12-25-19)26-17-14-20-8-9-22-17/h1-3,7-9,14-15H,4-6,10-13H2. The monoisotopic (exact) mass is 354 g/mol. The maximum Gasteiger partial charge on any atom is 0.272 e. The normalized spacial score (nSPS) is 22.2. The second kappa shape index (κ2) is 7.37. The molecule has 0 N–H and O–H groups in total. The number of amides is 1. The number of piperidine rings is 1. The summed E-state index contributed by atoms with van der Waals surface area (Å²) < 4.78 is 12.1. The van der Waals surface area contributed by atoms with Gasteiger partial charge >= 0.3 is 0 Å². The van der Waals surface area contributed by atoms with E-state index in [9.17, 15) is 4.79 Å². The smallest absolute Gasteiger partial charge is 0.272 e. The van der Waals surface area contributed by atoms with Gasteiger partial charge in [-0.25, -0.2) is 4.98 Å². The van der Waals surface area contributed by atoms with E-state index in [0.717, 1.165) is 25.7 Å². The largest absolute Gasteiger partial charge is 0.473 e. The third-order valence-corrected chi connectivity index (χ3v) is 5.12. The van der Waals surface area contributed by atoms with Gasteiger partial charge in [0.15, 0.2) is 0 Å². The molecule has 26 heavy (non-hydrogen) atoms. The number of ether oxygens (including phenoxy) is 2. The van der Waals surface area contributed by atoms with Crippen LogP contribution in [0.5, 0.6) is 5.88 Å². The van der Waals surface area contributed by atoms with Crippen LogP contribution in [0.3, 0.4) is 0 Å². The van der Waals surface area contributed by atoms with Gasteiger partial charge in [-0.3, -0.25) is 14.8 Å². The summed E-state index contributed by atoms with van der Waals surface area (Å²) in [6.07, 6.45) is 9.90. The number of pyridine rings is 1. The summed E-state index contributed by atoms with van der Waals surface area (Å²) >= 11 is 0. The number of carbonyl (C=O) groups excluding carboxylic acids is 1. The number of hydrogen-bond donors (Lipinski definition) is 0. The van der Waals surface area contributed by atoms with Crippen LogP contribution in [0.1, 0.15) is 36.2 Å². The van der Waals surface area contributed by atoms with Gasteiger partial charge in [0, 0.05) is 44.5 Å². The lowest BCUT2D eigenvalue weighted by Gasteiger charge is -2.45. The summed E-state index contributed by atoms with van der Waals surface area (Å²) in [6, 6.07) is 5.41. The van der Waals surface area contributed by atoms with Crippen LogP contribution in [0.4, 0.5) is 0 Å². The van der Waals surface area contributed by atoms with E-state index in [1.54, 1.807) is 30.9 Å². The van der Waals surface area contributed by atoms with Crippen LogP contribution in [0.2, 0.25) is 0 Å². The molecule has 0 saturated carbocycles. The summed E-state index contributed by atoms with van der Waals surface area (Å²) in [5.41, 5.74) is 0.281. The first kappa shape index (κ1) is 16.9. The van der Waals surface area contributed by atoms with E-state index >= 15 is 0 Å². The van der Waals surface area contributed by atoms with Gasteiger partial charge < -0.3 is 14.4 Å². The van der Waals surface area contributed by atoms with Gasteiger partial charge in [0.1, 0.15) is 11.8 Å². The lowest BCUT2D eigenvalue weighted by atomic mass is 9.83. The Bertz CT molecular complexity index is 733. The molecule has 4 rings (SSSR count). The molecule has 1 spiro atoms.